The van der Waals surface area contributed by atoms with E-state index in [1.807, 2.05) is 74.5 Å². The maximum absolute atomic E-state index is 12.5. The number of rotatable bonds is 6. The molecule has 2 heterocycles. The number of hydrogen-bond acceptors (Lipinski definition) is 8. The number of nitrogens with zero attached hydrogens (tertiary/aromatic N) is 6. The van der Waals surface area contributed by atoms with Gasteiger partial charge in [0.1, 0.15) is 11.4 Å². The standard InChI is InChI=1S/2C15H13N3O2S/c1-12-7-9-14(10-8-12)21(19,20)18-11-15(16-17-18)13-5-3-2-4-6-13;1-12-7-9-14(10-8-12)21(19,20)18-16-11-15(17-18)13-5-3-2-4-6-13/h2*2-11H,1H3. The molecule has 0 spiro atoms. The van der Waals surface area contributed by atoms with Crippen molar-refractivity contribution in [2.24, 2.45) is 0 Å². The van der Waals surface area contributed by atoms with E-state index in [0.29, 0.717) is 11.4 Å². The third kappa shape index (κ3) is 6.19. The van der Waals surface area contributed by atoms with Gasteiger partial charge in [-0.25, -0.2) is 0 Å². The molecule has 0 amide bonds. The molecule has 10 nitrogen and oxygen atoms in total. The molecule has 6 rings (SSSR count). The van der Waals surface area contributed by atoms with Gasteiger partial charge in [-0.2, -0.15) is 16.8 Å². The van der Waals surface area contributed by atoms with Gasteiger partial charge < -0.3 is 0 Å². The minimum atomic E-state index is -3.75. The van der Waals surface area contributed by atoms with Gasteiger partial charge >= 0.3 is 0 Å². The van der Waals surface area contributed by atoms with Crippen LogP contribution in [0.3, 0.4) is 0 Å². The van der Waals surface area contributed by atoms with E-state index < -0.39 is 20.0 Å². The summed E-state index contributed by atoms with van der Waals surface area (Å²) in [5.41, 5.74) is 4.67. The molecule has 0 saturated carbocycles. The van der Waals surface area contributed by atoms with Crippen molar-refractivity contribution in [2.45, 2.75) is 23.6 Å². The highest BCUT2D eigenvalue weighted by atomic mass is 32.2. The van der Waals surface area contributed by atoms with Crippen molar-refractivity contribution < 1.29 is 16.8 Å². The quantitative estimate of drug-likeness (QED) is 0.262. The Hall–Kier alpha value is -4.94. The molecule has 0 fully saturated rings. The number of aryl methyl sites for hydroxylation is 2. The Morgan fingerprint density at radius 2 is 1.05 bits per heavy atom. The molecule has 0 aliphatic rings. The van der Waals surface area contributed by atoms with Crippen LogP contribution in [0.5, 0.6) is 0 Å². The van der Waals surface area contributed by atoms with Gasteiger partial charge in [0.05, 0.1) is 22.2 Å². The lowest BCUT2D eigenvalue weighted by atomic mass is 10.2. The lowest BCUT2D eigenvalue weighted by Gasteiger charge is -2.03. The molecular weight excluding hydrogens is 573 g/mol. The maximum Gasteiger partial charge on any atom is 0.299 e. The predicted molar refractivity (Wildman–Crippen MR) is 158 cm³/mol. The van der Waals surface area contributed by atoms with Crippen molar-refractivity contribution in [3.63, 3.8) is 0 Å². The van der Waals surface area contributed by atoms with Crippen molar-refractivity contribution >= 4 is 20.0 Å². The fourth-order valence-electron chi connectivity index (χ4n) is 3.83. The average Bonchev–Trinajstić information content (AvgIpc) is 3.71. The zero-order chi connectivity index (χ0) is 29.7. The minimum absolute atomic E-state index is 0.170. The summed E-state index contributed by atoms with van der Waals surface area (Å²) in [6.07, 6.45) is 2.87. The van der Waals surface area contributed by atoms with Gasteiger partial charge in [-0.15, -0.1) is 19.4 Å². The number of aromatic nitrogens is 6. The zero-order valence-corrected chi connectivity index (χ0v) is 24.3. The Bertz CT molecular complexity index is 1860. The second-order valence-corrected chi connectivity index (χ2v) is 12.8. The summed E-state index contributed by atoms with van der Waals surface area (Å²) in [5.74, 6) is 0. The normalized spacial score (nSPS) is 11.5. The molecule has 2 aromatic heterocycles. The molecule has 0 bridgehead atoms. The molecule has 4 aromatic carbocycles. The Kier molecular flexibility index (Phi) is 8.09. The SMILES string of the molecule is Cc1ccc(S(=O)(=O)n2cc(-c3ccccc3)nn2)cc1.Cc1ccc(S(=O)(=O)n2ncc(-c3ccccc3)n2)cc1. The van der Waals surface area contributed by atoms with Gasteiger partial charge in [0.25, 0.3) is 20.0 Å². The molecule has 0 N–H and O–H groups in total. The van der Waals surface area contributed by atoms with Crippen LogP contribution in [0.4, 0.5) is 0 Å². The van der Waals surface area contributed by atoms with Crippen LogP contribution < -0.4 is 0 Å². The first-order valence-electron chi connectivity index (χ1n) is 12.7. The molecule has 0 unspecified atom stereocenters. The van der Waals surface area contributed by atoms with Gasteiger partial charge in [-0.3, -0.25) is 0 Å². The Balaban J connectivity index is 0.000000168. The molecule has 6 aromatic rings. The maximum atomic E-state index is 12.5. The fraction of sp³-hybridized carbons (Fsp3) is 0.0667. The molecular formula is C30H26N6O4S2. The van der Waals surface area contributed by atoms with Crippen LogP contribution in [0.2, 0.25) is 0 Å². The van der Waals surface area contributed by atoms with Crippen molar-refractivity contribution in [1.29, 1.82) is 0 Å². The predicted octanol–water partition coefficient (Wildman–Crippen LogP) is 4.98. The zero-order valence-electron chi connectivity index (χ0n) is 22.7. The first kappa shape index (κ1) is 28.6. The number of hydrogen-bond donors (Lipinski definition) is 0. The topological polar surface area (TPSA) is 130 Å². The molecule has 0 aliphatic carbocycles. The summed E-state index contributed by atoms with van der Waals surface area (Å²) in [5, 5.41) is 15.6. The van der Waals surface area contributed by atoms with Crippen LogP contribution in [-0.4, -0.2) is 45.6 Å². The van der Waals surface area contributed by atoms with Gasteiger partial charge in [0.2, 0.25) is 0 Å². The van der Waals surface area contributed by atoms with E-state index in [1.54, 1.807) is 48.5 Å². The molecule has 0 saturated heterocycles. The van der Waals surface area contributed by atoms with E-state index in [-0.39, 0.29) is 9.79 Å². The van der Waals surface area contributed by atoms with E-state index in [1.165, 1.54) is 12.4 Å². The van der Waals surface area contributed by atoms with Crippen LogP contribution >= 0.6 is 0 Å². The highest BCUT2D eigenvalue weighted by Crippen LogP contribution is 2.20. The molecule has 212 valence electrons. The van der Waals surface area contributed by atoms with E-state index in [0.717, 1.165) is 30.5 Å². The number of benzene rings is 4. The monoisotopic (exact) mass is 598 g/mol. The molecule has 12 heteroatoms. The smallest absolute Gasteiger partial charge is 0.199 e. The van der Waals surface area contributed by atoms with Crippen LogP contribution in [-0.2, 0) is 20.0 Å². The van der Waals surface area contributed by atoms with Crippen molar-refractivity contribution in [2.75, 3.05) is 0 Å². The first-order valence-corrected chi connectivity index (χ1v) is 15.6. The lowest BCUT2D eigenvalue weighted by molar-refractivity contribution is 0.569. The van der Waals surface area contributed by atoms with Gasteiger partial charge in [-0.05, 0) is 38.1 Å². The van der Waals surface area contributed by atoms with E-state index in [2.05, 4.69) is 20.5 Å². The summed E-state index contributed by atoms with van der Waals surface area (Å²) >= 11 is 0. The largest absolute Gasteiger partial charge is 0.299 e. The van der Waals surface area contributed by atoms with Gasteiger partial charge in [0.15, 0.2) is 0 Å². The van der Waals surface area contributed by atoms with Crippen LogP contribution in [0.1, 0.15) is 11.1 Å². The van der Waals surface area contributed by atoms with Crippen molar-refractivity contribution in [3.05, 3.63) is 133 Å². The summed E-state index contributed by atoms with van der Waals surface area (Å²) in [7, 11) is -7.45. The van der Waals surface area contributed by atoms with E-state index >= 15 is 0 Å². The summed E-state index contributed by atoms with van der Waals surface area (Å²) in [6.45, 7) is 3.80. The van der Waals surface area contributed by atoms with Crippen LogP contribution in [0.15, 0.2) is 131 Å². The molecule has 0 aliphatic heterocycles. The molecule has 0 radical (unpaired) electrons. The first-order chi connectivity index (χ1) is 20.1. The highest BCUT2D eigenvalue weighted by Gasteiger charge is 2.20. The summed E-state index contributed by atoms with van der Waals surface area (Å²) in [4.78, 5) is 0.362. The molecule has 42 heavy (non-hydrogen) atoms. The second-order valence-electron chi connectivity index (χ2n) is 9.30. The average molecular weight is 599 g/mol. The summed E-state index contributed by atoms with van der Waals surface area (Å²) < 4.78 is 51.4. The van der Waals surface area contributed by atoms with Gasteiger partial charge in [0, 0.05) is 11.1 Å². The molecule has 0 atom stereocenters. The third-order valence-corrected chi connectivity index (χ3v) is 9.20. The highest BCUT2D eigenvalue weighted by molar-refractivity contribution is 7.90. The van der Waals surface area contributed by atoms with Crippen LogP contribution in [0, 0.1) is 13.8 Å². The van der Waals surface area contributed by atoms with Crippen LogP contribution in [0.25, 0.3) is 22.5 Å². The minimum Gasteiger partial charge on any atom is -0.199 e. The Morgan fingerprint density at radius 3 is 1.57 bits per heavy atom. The van der Waals surface area contributed by atoms with E-state index in [9.17, 15) is 16.8 Å². The fourth-order valence-corrected chi connectivity index (χ4v) is 5.94. The van der Waals surface area contributed by atoms with Gasteiger partial charge in [-0.1, -0.05) is 105 Å². The van der Waals surface area contributed by atoms with Crippen molar-refractivity contribution in [3.8, 4) is 22.5 Å². The Labute approximate surface area is 244 Å². The summed E-state index contributed by atoms with van der Waals surface area (Å²) in [6, 6.07) is 31.9. The third-order valence-electron chi connectivity index (χ3n) is 6.18. The van der Waals surface area contributed by atoms with Crippen molar-refractivity contribution in [1.82, 2.24) is 28.8 Å². The van der Waals surface area contributed by atoms with E-state index in [4.69, 9.17) is 0 Å². The second kappa shape index (κ2) is 11.9. The lowest BCUT2D eigenvalue weighted by Crippen LogP contribution is -2.16. The Morgan fingerprint density at radius 1 is 0.571 bits per heavy atom.